The zero-order chi connectivity index (χ0) is 16.8. The van der Waals surface area contributed by atoms with Gasteiger partial charge in [0.25, 0.3) is 0 Å². The van der Waals surface area contributed by atoms with Crippen molar-refractivity contribution in [2.24, 2.45) is 0 Å². The molecular weight excluding hydrogens is 326 g/mol. The van der Waals surface area contributed by atoms with Gasteiger partial charge >= 0.3 is 0 Å². The third kappa shape index (κ3) is 4.01. The Morgan fingerprint density at radius 3 is 2.67 bits per heavy atom. The number of halogens is 1. The molecule has 2 aromatic heterocycles. The molecule has 2 heterocycles. The van der Waals surface area contributed by atoms with Gasteiger partial charge in [-0.3, -0.25) is 10.1 Å². The third-order valence-corrected chi connectivity index (χ3v) is 3.76. The van der Waals surface area contributed by atoms with Gasteiger partial charge in [0.2, 0.25) is 5.91 Å². The van der Waals surface area contributed by atoms with E-state index in [0.717, 1.165) is 11.3 Å². The number of amides is 1. The number of nitrogens with zero attached hydrogens (tertiary/aromatic N) is 1. The zero-order valence-electron chi connectivity index (χ0n) is 12.8. The highest BCUT2D eigenvalue weighted by atomic mass is 35.5. The highest BCUT2D eigenvalue weighted by Crippen LogP contribution is 2.22. The van der Waals surface area contributed by atoms with E-state index in [1.165, 1.54) is 0 Å². The number of furan rings is 1. The average molecular weight is 342 g/mol. The molecule has 0 aliphatic rings. The van der Waals surface area contributed by atoms with Crippen LogP contribution in [0.25, 0.3) is 0 Å². The third-order valence-electron chi connectivity index (χ3n) is 3.46. The Morgan fingerprint density at radius 1 is 1.12 bits per heavy atom. The zero-order valence-corrected chi connectivity index (χ0v) is 13.5. The van der Waals surface area contributed by atoms with E-state index >= 15 is 0 Å². The molecule has 0 bridgehead atoms. The maximum absolute atomic E-state index is 12.2. The van der Waals surface area contributed by atoms with Crippen LogP contribution in [0.2, 0.25) is 5.15 Å². The van der Waals surface area contributed by atoms with Gasteiger partial charge in [0.05, 0.1) is 24.5 Å². The van der Waals surface area contributed by atoms with E-state index < -0.39 is 0 Å². The minimum Gasteiger partial charge on any atom is -0.467 e. The van der Waals surface area contributed by atoms with Crippen LogP contribution in [0.3, 0.4) is 0 Å². The van der Waals surface area contributed by atoms with Gasteiger partial charge in [-0.25, -0.2) is 4.98 Å². The largest absolute Gasteiger partial charge is 0.467 e. The van der Waals surface area contributed by atoms with Crippen molar-refractivity contribution >= 4 is 23.2 Å². The fraction of sp³-hybridized carbons (Fsp3) is 0.111. The van der Waals surface area contributed by atoms with Crippen molar-refractivity contribution in [3.8, 4) is 0 Å². The van der Waals surface area contributed by atoms with E-state index in [4.69, 9.17) is 16.0 Å². The van der Waals surface area contributed by atoms with Crippen LogP contribution >= 0.6 is 11.6 Å². The molecule has 3 aromatic rings. The van der Waals surface area contributed by atoms with Gasteiger partial charge in [0.15, 0.2) is 5.15 Å². The standard InChI is InChI=1S/C18H16ClN3O2/c19-18-14(8-4-10-20-18)22-16(23)12-21-17(15-9-5-11-24-15)13-6-2-1-3-7-13/h1-11,17,21H,12H2,(H,22,23)/t17-/m1/s1. The Bertz CT molecular complexity index is 791. The van der Waals surface area contributed by atoms with Crippen LogP contribution < -0.4 is 10.6 Å². The predicted octanol–water partition coefficient (Wildman–Crippen LogP) is 3.65. The summed E-state index contributed by atoms with van der Waals surface area (Å²) >= 11 is 5.95. The molecule has 0 unspecified atom stereocenters. The average Bonchev–Trinajstić information content (AvgIpc) is 3.12. The summed E-state index contributed by atoms with van der Waals surface area (Å²) in [6, 6.07) is 16.7. The van der Waals surface area contributed by atoms with Crippen LogP contribution in [0.4, 0.5) is 5.69 Å². The lowest BCUT2D eigenvalue weighted by atomic mass is 10.0. The van der Waals surface area contributed by atoms with Crippen molar-refractivity contribution in [3.05, 3.63) is 83.5 Å². The van der Waals surface area contributed by atoms with Gasteiger partial charge in [-0.2, -0.15) is 0 Å². The molecule has 0 spiro atoms. The van der Waals surface area contributed by atoms with Crippen molar-refractivity contribution in [1.82, 2.24) is 10.3 Å². The first-order valence-electron chi connectivity index (χ1n) is 7.46. The van der Waals surface area contributed by atoms with Crippen LogP contribution in [0, 0.1) is 0 Å². The van der Waals surface area contributed by atoms with Gasteiger partial charge in [-0.15, -0.1) is 0 Å². The summed E-state index contributed by atoms with van der Waals surface area (Å²) in [5.41, 5.74) is 1.50. The molecule has 2 N–H and O–H groups in total. The lowest BCUT2D eigenvalue weighted by Gasteiger charge is -2.17. The van der Waals surface area contributed by atoms with Crippen molar-refractivity contribution in [2.45, 2.75) is 6.04 Å². The molecule has 0 fully saturated rings. The summed E-state index contributed by atoms with van der Waals surface area (Å²) in [7, 11) is 0. The van der Waals surface area contributed by atoms with Gasteiger partial charge in [0.1, 0.15) is 5.76 Å². The molecule has 0 radical (unpaired) electrons. The Kier molecular flexibility index (Phi) is 5.25. The monoisotopic (exact) mass is 341 g/mol. The van der Waals surface area contributed by atoms with Crippen molar-refractivity contribution in [1.29, 1.82) is 0 Å². The number of hydrogen-bond acceptors (Lipinski definition) is 4. The number of nitrogens with one attached hydrogen (secondary N) is 2. The van der Waals surface area contributed by atoms with Crippen LogP contribution in [0.5, 0.6) is 0 Å². The fourth-order valence-corrected chi connectivity index (χ4v) is 2.52. The smallest absolute Gasteiger partial charge is 0.238 e. The molecule has 0 aliphatic heterocycles. The minimum atomic E-state index is -0.212. The lowest BCUT2D eigenvalue weighted by Crippen LogP contribution is -2.31. The maximum Gasteiger partial charge on any atom is 0.238 e. The molecule has 6 heteroatoms. The van der Waals surface area contributed by atoms with Crippen molar-refractivity contribution in [2.75, 3.05) is 11.9 Å². The number of hydrogen-bond donors (Lipinski definition) is 2. The van der Waals surface area contributed by atoms with Crippen LogP contribution in [-0.4, -0.2) is 17.4 Å². The summed E-state index contributed by atoms with van der Waals surface area (Å²) in [6.45, 7) is 0.103. The Hall–Kier alpha value is -2.63. The normalized spacial score (nSPS) is 11.9. The second kappa shape index (κ2) is 7.77. The topological polar surface area (TPSA) is 67.2 Å². The van der Waals surface area contributed by atoms with E-state index in [2.05, 4.69) is 15.6 Å². The molecule has 3 rings (SSSR count). The SMILES string of the molecule is O=C(CN[C@H](c1ccccc1)c1ccco1)Nc1cccnc1Cl. The minimum absolute atomic E-state index is 0.103. The van der Waals surface area contributed by atoms with Gasteiger partial charge in [-0.05, 0) is 29.8 Å². The summed E-state index contributed by atoms with van der Waals surface area (Å²) in [5, 5.41) is 6.21. The molecule has 122 valence electrons. The van der Waals surface area contributed by atoms with Crippen LogP contribution in [0.1, 0.15) is 17.4 Å². The number of carbonyl (C=O) groups excluding carboxylic acids is 1. The lowest BCUT2D eigenvalue weighted by molar-refractivity contribution is -0.115. The van der Waals surface area contributed by atoms with E-state index in [1.54, 1.807) is 24.6 Å². The number of pyridine rings is 1. The summed E-state index contributed by atoms with van der Waals surface area (Å²) in [5.74, 6) is 0.533. The molecule has 0 aliphatic carbocycles. The molecule has 0 saturated heterocycles. The van der Waals surface area contributed by atoms with E-state index in [-0.39, 0.29) is 23.6 Å². The number of carbonyl (C=O) groups is 1. The summed E-state index contributed by atoms with van der Waals surface area (Å²) < 4.78 is 5.49. The first-order valence-corrected chi connectivity index (χ1v) is 7.84. The first-order chi connectivity index (χ1) is 11.7. The summed E-state index contributed by atoms with van der Waals surface area (Å²) in [6.07, 6.45) is 3.18. The molecule has 5 nitrogen and oxygen atoms in total. The molecule has 24 heavy (non-hydrogen) atoms. The number of rotatable bonds is 6. The summed E-state index contributed by atoms with van der Waals surface area (Å²) in [4.78, 5) is 16.1. The van der Waals surface area contributed by atoms with Gasteiger partial charge in [-0.1, -0.05) is 41.9 Å². The number of benzene rings is 1. The van der Waals surface area contributed by atoms with E-state index in [0.29, 0.717) is 5.69 Å². The Morgan fingerprint density at radius 2 is 1.96 bits per heavy atom. The highest BCUT2D eigenvalue weighted by Gasteiger charge is 2.17. The van der Waals surface area contributed by atoms with E-state index in [1.807, 2.05) is 42.5 Å². The van der Waals surface area contributed by atoms with Crippen LogP contribution in [0.15, 0.2) is 71.5 Å². The van der Waals surface area contributed by atoms with Crippen molar-refractivity contribution < 1.29 is 9.21 Å². The first kappa shape index (κ1) is 16.2. The van der Waals surface area contributed by atoms with Crippen molar-refractivity contribution in [3.63, 3.8) is 0 Å². The second-order valence-corrected chi connectivity index (χ2v) is 5.49. The van der Waals surface area contributed by atoms with Gasteiger partial charge < -0.3 is 9.73 Å². The fourth-order valence-electron chi connectivity index (χ4n) is 2.35. The number of anilines is 1. The molecule has 1 atom stereocenters. The van der Waals surface area contributed by atoms with E-state index in [9.17, 15) is 4.79 Å². The quantitative estimate of drug-likeness (QED) is 0.672. The highest BCUT2D eigenvalue weighted by molar-refractivity contribution is 6.32. The predicted molar refractivity (Wildman–Crippen MR) is 92.9 cm³/mol. The van der Waals surface area contributed by atoms with Gasteiger partial charge in [0, 0.05) is 6.20 Å². The maximum atomic E-state index is 12.2. The second-order valence-electron chi connectivity index (χ2n) is 5.13. The Balaban J connectivity index is 1.68. The Labute approximate surface area is 144 Å². The molecule has 1 amide bonds. The molecular formula is C18H16ClN3O2. The number of aromatic nitrogens is 1. The van der Waals surface area contributed by atoms with Crippen LogP contribution in [-0.2, 0) is 4.79 Å². The molecule has 0 saturated carbocycles. The molecule has 1 aromatic carbocycles.